The molecule has 0 bridgehead atoms. The van der Waals surface area contributed by atoms with Crippen LogP contribution in [-0.4, -0.2) is 21.9 Å². The van der Waals surface area contributed by atoms with E-state index in [4.69, 9.17) is 0 Å². The van der Waals surface area contributed by atoms with Crippen LogP contribution >= 0.6 is 0 Å². The number of aromatic amines is 1. The molecule has 0 fully saturated rings. The number of amides is 1. The summed E-state index contributed by atoms with van der Waals surface area (Å²) < 4.78 is 0. The Hall–Kier alpha value is -1.65. The number of nitrogens with zero attached hydrogens (tertiary/aromatic N) is 1. The predicted octanol–water partition coefficient (Wildman–Crippen LogP) is 1.03. The molecule has 1 aromatic heterocycles. The maximum atomic E-state index is 11.3. The van der Waals surface area contributed by atoms with Gasteiger partial charge in [-0.1, -0.05) is 0 Å². The summed E-state index contributed by atoms with van der Waals surface area (Å²) in [5.41, 5.74) is 0.876. The van der Waals surface area contributed by atoms with Crippen LogP contribution in [-0.2, 0) is 9.59 Å². The van der Waals surface area contributed by atoms with Gasteiger partial charge in [-0.3, -0.25) is 9.89 Å². The smallest absolute Gasteiger partial charge is 0.225 e. The maximum absolute atomic E-state index is 11.3. The third-order valence-electron chi connectivity index (χ3n) is 1.80. The highest BCUT2D eigenvalue weighted by molar-refractivity contribution is 5.92. The first kappa shape index (κ1) is 10.4. The number of anilines is 1. The molecule has 1 aromatic rings. The first-order chi connectivity index (χ1) is 6.59. The Labute approximate surface area is 81.9 Å². The molecule has 0 aliphatic carbocycles. The lowest BCUT2D eigenvalue weighted by Crippen LogP contribution is -2.13. The highest BCUT2D eigenvalue weighted by Gasteiger charge is 2.06. The van der Waals surface area contributed by atoms with Crippen LogP contribution in [0.5, 0.6) is 0 Å². The number of aryl methyl sites for hydroxylation is 1. The van der Waals surface area contributed by atoms with Gasteiger partial charge in [0, 0.05) is 18.4 Å². The average Bonchev–Trinajstić information content (AvgIpc) is 2.49. The summed E-state index contributed by atoms with van der Waals surface area (Å²) in [6, 6.07) is 0. The van der Waals surface area contributed by atoms with Crippen molar-refractivity contribution in [1.29, 1.82) is 0 Å². The van der Waals surface area contributed by atoms with E-state index in [2.05, 4.69) is 15.5 Å². The number of carbonyl (C=O) groups is 2. The van der Waals surface area contributed by atoms with Crippen LogP contribution in [0.1, 0.15) is 25.3 Å². The molecule has 0 spiro atoms. The molecule has 0 aromatic carbocycles. The Morgan fingerprint density at radius 3 is 2.71 bits per heavy atom. The van der Waals surface area contributed by atoms with Crippen LogP contribution in [0.3, 0.4) is 0 Å². The Kier molecular flexibility index (Phi) is 3.39. The Morgan fingerprint density at radius 2 is 2.21 bits per heavy atom. The normalized spacial score (nSPS) is 9.86. The molecule has 0 saturated heterocycles. The highest BCUT2D eigenvalue weighted by atomic mass is 16.2. The van der Waals surface area contributed by atoms with E-state index in [1.54, 1.807) is 6.20 Å². The second-order valence-corrected chi connectivity index (χ2v) is 3.18. The van der Waals surface area contributed by atoms with Gasteiger partial charge in [0.1, 0.15) is 11.6 Å². The molecular formula is C9H13N3O2. The molecule has 0 unspecified atom stereocenters. The van der Waals surface area contributed by atoms with Crippen molar-refractivity contribution in [2.24, 2.45) is 0 Å². The van der Waals surface area contributed by atoms with Crippen LogP contribution in [0.25, 0.3) is 0 Å². The monoisotopic (exact) mass is 195 g/mol. The van der Waals surface area contributed by atoms with Crippen molar-refractivity contribution in [1.82, 2.24) is 10.2 Å². The fourth-order valence-electron chi connectivity index (χ4n) is 0.964. The number of ketones is 1. The minimum Gasteiger partial charge on any atom is -0.311 e. The van der Waals surface area contributed by atoms with Crippen molar-refractivity contribution in [3.63, 3.8) is 0 Å². The zero-order valence-electron chi connectivity index (χ0n) is 8.26. The number of rotatable bonds is 4. The zero-order chi connectivity index (χ0) is 10.6. The quantitative estimate of drug-likeness (QED) is 0.753. The third kappa shape index (κ3) is 3.01. The molecule has 0 radical (unpaired) electrons. The number of H-pyrrole nitrogens is 1. The lowest BCUT2D eigenvalue weighted by atomic mass is 10.2. The van der Waals surface area contributed by atoms with Gasteiger partial charge in [0.15, 0.2) is 0 Å². The molecule has 2 N–H and O–H groups in total. The first-order valence-electron chi connectivity index (χ1n) is 4.39. The van der Waals surface area contributed by atoms with Gasteiger partial charge in [-0.25, -0.2) is 0 Å². The van der Waals surface area contributed by atoms with Crippen LogP contribution in [0, 0.1) is 6.92 Å². The highest BCUT2D eigenvalue weighted by Crippen LogP contribution is 2.08. The van der Waals surface area contributed by atoms with Crippen LogP contribution in [0.15, 0.2) is 6.20 Å². The zero-order valence-corrected chi connectivity index (χ0v) is 8.26. The molecule has 0 atom stereocenters. The maximum Gasteiger partial charge on any atom is 0.225 e. The van der Waals surface area contributed by atoms with Crippen molar-refractivity contribution in [3.05, 3.63) is 11.8 Å². The van der Waals surface area contributed by atoms with E-state index < -0.39 is 0 Å². The van der Waals surface area contributed by atoms with Crippen molar-refractivity contribution < 1.29 is 9.59 Å². The van der Waals surface area contributed by atoms with Gasteiger partial charge in [-0.15, -0.1) is 0 Å². The molecule has 1 heterocycles. The summed E-state index contributed by atoms with van der Waals surface area (Å²) in [4.78, 5) is 21.9. The second kappa shape index (κ2) is 4.55. The molecule has 5 heteroatoms. The minimum atomic E-state index is -0.174. The van der Waals surface area contributed by atoms with E-state index in [0.717, 1.165) is 5.56 Å². The minimum absolute atomic E-state index is 0.0153. The van der Waals surface area contributed by atoms with Crippen LogP contribution in [0.4, 0.5) is 5.82 Å². The summed E-state index contributed by atoms with van der Waals surface area (Å²) in [5, 5.41) is 9.06. The summed E-state index contributed by atoms with van der Waals surface area (Å²) >= 11 is 0. The van der Waals surface area contributed by atoms with E-state index in [0.29, 0.717) is 5.82 Å². The summed E-state index contributed by atoms with van der Waals surface area (Å²) in [7, 11) is 0. The third-order valence-corrected chi connectivity index (χ3v) is 1.80. The van der Waals surface area contributed by atoms with E-state index in [1.165, 1.54) is 6.92 Å². The van der Waals surface area contributed by atoms with Gasteiger partial charge in [-0.05, 0) is 13.8 Å². The van der Waals surface area contributed by atoms with Gasteiger partial charge in [0.25, 0.3) is 0 Å². The molecule has 76 valence electrons. The molecule has 14 heavy (non-hydrogen) atoms. The summed E-state index contributed by atoms with van der Waals surface area (Å²) in [5.74, 6) is 0.438. The molecule has 0 saturated carbocycles. The molecule has 5 nitrogen and oxygen atoms in total. The number of hydrogen-bond acceptors (Lipinski definition) is 3. The Morgan fingerprint density at radius 1 is 1.50 bits per heavy atom. The molecule has 1 rings (SSSR count). The molecule has 1 amide bonds. The predicted molar refractivity (Wildman–Crippen MR) is 51.9 cm³/mol. The number of Topliss-reactive ketones (excluding diaryl/α,β-unsaturated/α-hetero) is 1. The van der Waals surface area contributed by atoms with E-state index >= 15 is 0 Å². The van der Waals surface area contributed by atoms with Gasteiger partial charge >= 0.3 is 0 Å². The SMILES string of the molecule is CC(=O)CCC(=O)Nc1[nH]ncc1C. The largest absolute Gasteiger partial charge is 0.311 e. The van der Waals surface area contributed by atoms with Crippen molar-refractivity contribution in [2.45, 2.75) is 26.7 Å². The fraction of sp³-hybridized carbons (Fsp3) is 0.444. The first-order valence-corrected chi connectivity index (χ1v) is 4.39. The van der Waals surface area contributed by atoms with E-state index in [-0.39, 0.29) is 24.5 Å². The fourth-order valence-corrected chi connectivity index (χ4v) is 0.964. The summed E-state index contributed by atoms with van der Waals surface area (Å²) in [6.45, 7) is 3.30. The second-order valence-electron chi connectivity index (χ2n) is 3.18. The van der Waals surface area contributed by atoms with Crippen LogP contribution in [0.2, 0.25) is 0 Å². The topological polar surface area (TPSA) is 74.8 Å². The Balaban J connectivity index is 2.42. The number of carbonyl (C=O) groups excluding carboxylic acids is 2. The number of aromatic nitrogens is 2. The van der Waals surface area contributed by atoms with E-state index in [1.807, 2.05) is 6.92 Å². The van der Waals surface area contributed by atoms with Crippen molar-refractivity contribution in [3.8, 4) is 0 Å². The number of hydrogen-bond donors (Lipinski definition) is 2. The molecular weight excluding hydrogens is 182 g/mol. The molecule has 0 aliphatic heterocycles. The summed E-state index contributed by atoms with van der Waals surface area (Å²) in [6.07, 6.45) is 2.12. The molecule has 0 aliphatic rings. The lowest BCUT2D eigenvalue weighted by molar-refractivity contribution is -0.121. The van der Waals surface area contributed by atoms with Crippen molar-refractivity contribution >= 4 is 17.5 Å². The standard InChI is InChI=1S/C9H13N3O2/c1-6-5-10-12-9(6)11-8(14)4-3-7(2)13/h5H,3-4H2,1-2H3,(H2,10,11,12,14). The van der Waals surface area contributed by atoms with Gasteiger partial charge < -0.3 is 10.1 Å². The van der Waals surface area contributed by atoms with Crippen LogP contribution < -0.4 is 5.32 Å². The number of nitrogens with one attached hydrogen (secondary N) is 2. The average molecular weight is 195 g/mol. The van der Waals surface area contributed by atoms with E-state index in [9.17, 15) is 9.59 Å². The van der Waals surface area contributed by atoms with Gasteiger partial charge in [0.05, 0.1) is 6.20 Å². The van der Waals surface area contributed by atoms with Gasteiger partial charge in [-0.2, -0.15) is 5.10 Å². The van der Waals surface area contributed by atoms with Gasteiger partial charge in [0.2, 0.25) is 5.91 Å². The lowest BCUT2D eigenvalue weighted by Gasteiger charge is -2.01. The van der Waals surface area contributed by atoms with Crippen molar-refractivity contribution in [2.75, 3.05) is 5.32 Å². The Bertz CT molecular complexity index is 344.